The maximum Gasteiger partial charge on any atom is 0.339 e. The zero-order chi connectivity index (χ0) is 16.6. The lowest BCUT2D eigenvalue weighted by Crippen LogP contribution is -2.53. The van der Waals surface area contributed by atoms with Gasteiger partial charge in [-0.2, -0.15) is 0 Å². The van der Waals surface area contributed by atoms with Crippen LogP contribution in [-0.2, 0) is 13.0 Å². The molecule has 1 fully saturated rings. The second-order valence-corrected chi connectivity index (χ2v) is 7.08. The van der Waals surface area contributed by atoms with Crippen LogP contribution in [0, 0.1) is 5.92 Å². The molecule has 0 aromatic heterocycles. The van der Waals surface area contributed by atoms with E-state index in [1.807, 2.05) is 0 Å². The number of carbonyl (C=O) groups is 1. The summed E-state index contributed by atoms with van der Waals surface area (Å²) >= 11 is 0. The molecule has 3 rings (SSSR count). The van der Waals surface area contributed by atoms with E-state index in [2.05, 4.69) is 36.8 Å². The minimum Gasteiger partial charge on any atom is -0.492 e. The first-order valence-electron chi connectivity index (χ1n) is 8.40. The van der Waals surface area contributed by atoms with Crippen LogP contribution in [0.3, 0.4) is 0 Å². The lowest BCUT2D eigenvalue weighted by atomic mass is 9.97. The molecule has 1 N–H and O–H groups in total. The van der Waals surface area contributed by atoms with Gasteiger partial charge in [-0.1, -0.05) is 19.9 Å². The summed E-state index contributed by atoms with van der Waals surface area (Å²) in [4.78, 5) is 16.4. The fourth-order valence-electron chi connectivity index (χ4n) is 3.68. The number of aromatic carboxylic acids is 1. The van der Waals surface area contributed by atoms with Gasteiger partial charge in [0.2, 0.25) is 0 Å². The minimum atomic E-state index is -0.899. The van der Waals surface area contributed by atoms with Gasteiger partial charge >= 0.3 is 5.97 Å². The molecule has 0 radical (unpaired) electrons. The molecule has 126 valence electrons. The third kappa shape index (κ3) is 3.35. The number of carboxylic acid groups (broad SMARTS) is 1. The normalized spacial score (nSPS) is 22.2. The molecule has 1 aromatic rings. The van der Waals surface area contributed by atoms with Crippen molar-refractivity contribution < 1.29 is 14.6 Å². The van der Waals surface area contributed by atoms with Crippen LogP contribution in [0.5, 0.6) is 5.75 Å². The van der Waals surface area contributed by atoms with Gasteiger partial charge in [0.05, 0.1) is 6.61 Å². The SMILES string of the molecule is CC(C)[C@H]1CN(C)CCN1Cc1cc2c(c(C(=O)O)c1)OCC2. The predicted molar refractivity (Wildman–Crippen MR) is 89.1 cm³/mol. The van der Waals surface area contributed by atoms with Crippen molar-refractivity contribution in [2.24, 2.45) is 5.92 Å². The number of rotatable bonds is 4. The number of hydrogen-bond acceptors (Lipinski definition) is 4. The zero-order valence-electron chi connectivity index (χ0n) is 14.2. The summed E-state index contributed by atoms with van der Waals surface area (Å²) in [5, 5.41) is 9.45. The summed E-state index contributed by atoms with van der Waals surface area (Å²) < 4.78 is 5.51. The molecule has 0 saturated carbocycles. The predicted octanol–water partition coefficient (Wildman–Crippen LogP) is 2.09. The molecule has 0 unspecified atom stereocenters. The Morgan fingerprint density at radius 3 is 2.87 bits per heavy atom. The Morgan fingerprint density at radius 1 is 1.39 bits per heavy atom. The van der Waals surface area contributed by atoms with Crippen molar-refractivity contribution in [2.45, 2.75) is 32.9 Å². The summed E-state index contributed by atoms with van der Waals surface area (Å²) in [6.45, 7) is 9.06. The first-order chi connectivity index (χ1) is 11.0. The quantitative estimate of drug-likeness (QED) is 0.921. The highest BCUT2D eigenvalue weighted by atomic mass is 16.5. The highest BCUT2D eigenvalue weighted by Crippen LogP contribution is 2.32. The summed E-state index contributed by atoms with van der Waals surface area (Å²) in [5.74, 6) is 0.248. The van der Waals surface area contributed by atoms with Gasteiger partial charge in [0.1, 0.15) is 11.3 Å². The maximum absolute atomic E-state index is 11.5. The Hall–Kier alpha value is -1.59. The highest BCUT2D eigenvalue weighted by Gasteiger charge is 2.29. The average Bonchev–Trinajstić information content (AvgIpc) is 2.96. The van der Waals surface area contributed by atoms with Gasteiger partial charge in [-0.15, -0.1) is 0 Å². The largest absolute Gasteiger partial charge is 0.492 e. The molecular weight excluding hydrogens is 292 g/mol. The number of ether oxygens (including phenoxy) is 1. The molecule has 0 spiro atoms. The molecule has 1 saturated heterocycles. The van der Waals surface area contributed by atoms with E-state index in [1.54, 1.807) is 6.07 Å². The Balaban J connectivity index is 1.85. The monoisotopic (exact) mass is 318 g/mol. The van der Waals surface area contributed by atoms with E-state index in [0.717, 1.165) is 43.7 Å². The third-order valence-corrected chi connectivity index (χ3v) is 4.97. The van der Waals surface area contributed by atoms with Crippen molar-refractivity contribution in [2.75, 3.05) is 33.3 Å². The lowest BCUT2D eigenvalue weighted by Gasteiger charge is -2.42. The molecule has 0 bridgehead atoms. The van der Waals surface area contributed by atoms with E-state index in [0.29, 0.717) is 29.9 Å². The molecular formula is C18H26N2O3. The average molecular weight is 318 g/mol. The number of carboxylic acids is 1. The second-order valence-electron chi connectivity index (χ2n) is 7.08. The number of fused-ring (bicyclic) bond motifs is 1. The summed E-state index contributed by atoms with van der Waals surface area (Å²) in [7, 11) is 2.17. The lowest BCUT2D eigenvalue weighted by molar-refractivity contribution is 0.0569. The molecule has 2 aliphatic heterocycles. The van der Waals surface area contributed by atoms with Gasteiger partial charge in [-0.3, -0.25) is 4.90 Å². The van der Waals surface area contributed by atoms with E-state index >= 15 is 0 Å². The van der Waals surface area contributed by atoms with Crippen LogP contribution in [-0.4, -0.2) is 60.2 Å². The van der Waals surface area contributed by atoms with Crippen LogP contribution in [0.15, 0.2) is 12.1 Å². The van der Waals surface area contributed by atoms with Crippen molar-refractivity contribution >= 4 is 5.97 Å². The molecule has 5 nitrogen and oxygen atoms in total. The van der Waals surface area contributed by atoms with Crippen LogP contribution in [0.25, 0.3) is 0 Å². The molecule has 0 amide bonds. The van der Waals surface area contributed by atoms with Gasteiger partial charge in [0.25, 0.3) is 0 Å². The van der Waals surface area contributed by atoms with E-state index in [-0.39, 0.29) is 0 Å². The van der Waals surface area contributed by atoms with Crippen molar-refractivity contribution in [3.63, 3.8) is 0 Å². The van der Waals surface area contributed by atoms with Crippen molar-refractivity contribution in [1.29, 1.82) is 0 Å². The molecule has 23 heavy (non-hydrogen) atoms. The van der Waals surface area contributed by atoms with E-state index in [1.165, 1.54) is 0 Å². The number of likely N-dealkylation sites (N-methyl/N-ethyl adjacent to an activating group) is 1. The first-order valence-corrected chi connectivity index (χ1v) is 8.40. The Labute approximate surface area is 137 Å². The van der Waals surface area contributed by atoms with Crippen LogP contribution < -0.4 is 4.74 Å². The van der Waals surface area contributed by atoms with Crippen molar-refractivity contribution in [1.82, 2.24) is 9.80 Å². The summed E-state index contributed by atoms with van der Waals surface area (Å²) in [6, 6.07) is 4.43. The molecule has 2 heterocycles. The first kappa shape index (κ1) is 16.3. The third-order valence-electron chi connectivity index (χ3n) is 4.97. The van der Waals surface area contributed by atoms with Crippen LogP contribution in [0.2, 0.25) is 0 Å². The zero-order valence-corrected chi connectivity index (χ0v) is 14.2. The molecule has 0 aliphatic carbocycles. The topological polar surface area (TPSA) is 53.0 Å². The highest BCUT2D eigenvalue weighted by molar-refractivity contribution is 5.92. The number of hydrogen-bond donors (Lipinski definition) is 1. The molecule has 1 aromatic carbocycles. The van der Waals surface area contributed by atoms with E-state index in [9.17, 15) is 9.90 Å². The Morgan fingerprint density at radius 2 is 2.17 bits per heavy atom. The minimum absolute atomic E-state index is 0.310. The van der Waals surface area contributed by atoms with E-state index in [4.69, 9.17) is 4.74 Å². The van der Waals surface area contributed by atoms with Crippen LogP contribution in [0.4, 0.5) is 0 Å². The van der Waals surface area contributed by atoms with Crippen molar-refractivity contribution in [3.8, 4) is 5.75 Å². The number of nitrogens with zero attached hydrogens (tertiary/aromatic N) is 2. The van der Waals surface area contributed by atoms with Crippen molar-refractivity contribution in [3.05, 3.63) is 28.8 Å². The molecule has 2 aliphatic rings. The van der Waals surface area contributed by atoms with Gasteiger partial charge in [0.15, 0.2) is 0 Å². The van der Waals surface area contributed by atoms with Gasteiger partial charge in [-0.05, 0) is 30.2 Å². The second kappa shape index (κ2) is 6.49. The molecule has 1 atom stereocenters. The fourth-order valence-corrected chi connectivity index (χ4v) is 3.68. The van der Waals surface area contributed by atoms with Crippen LogP contribution >= 0.6 is 0 Å². The van der Waals surface area contributed by atoms with Crippen LogP contribution in [0.1, 0.15) is 35.3 Å². The number of benzene rings is 1. The van der Waals surface area contributed by atoms with Gasteiger partial charge in [0, 0.05) is 38.6 Å². The fraction of sp³-hybridized carbons (Fsp3) is 0.611. The summed E-state index contributed by atoms with van der Waals surface area (Å²) in [5.41, 5.74) is 2.43. The molecule has 5 heteroatoms. The number of piperazine rings is 1. The van der Waals surface area contributed by atoms with E-state index < -0.39 is 5.97 Å². The standard InChI is InChI=1S/C18H26N2O3/c1-12(2)16-11-19(3)5-6-20(16)10-13-8-14-4-7-23-17(14)15(9-13)18(21)22/h8-9,12,16H,4-7,10-11H2,1-3H3,(H,21,22)/t16-/m1/s1. The Kier molecular flexibility index (Phi) is 4.60. The van der Waals surface area contributed by atoms with Gasteiger partial charge in [-0.25, -0.2) is 4.79 Å². The smallest absolute Gasteiger partial charge is 0.339 e. The van der Waals surface area contributed by atoms with Gasteiger partial charge < -0.3 is 14.7 Å². The summed E-state index contributed by atoms with van der Waals surface area (Å²) in [6.07, 6.45) is 0.805. The maximum atomic E-state index is 11.5. The Bertz CT molecular complexity index is 600.